The molecular formula is C23H28N4O2. The number of anilines is 1. The number of nitrogens with zero attached hydrogens (tertiary/aromatic N) is 3. The van der Waals surface area contributed by atoms with Crippen molar-refractivity contribution >= 4 is 22.6 Å². The summed E-state index contributed by atoms with van der Waals surface area (Å²) in [5.41, 5.74) is 15.6. The van der Waals surface area contributed by atoms with Crippen molar-refractivity contribution in [3.8, 4) is 11.4 Å². The molecule has 0 saturated heterocycles. The van der Waals surface area contributed by atoms with Gasteiger partial charge in [-0.2, -0.15) is 0 Å². The molecule has 1 aromatic carbocycles. The second-order valence-corrected chi connectivity index (χ2v) is 7.50. The molecule has 3 aromatic rings. The van der Waals surface area contributed by atoms with Gasteiger partial charge in [-0.3, -0.25) is 4.57 Å². The molecule has 3 heterocycles. The van der Waals surface area contributed by atoms with Crippen molar-refractivity contribution in [2.24, 2.45) is 0 Å². The Morgan fingerprint density at radius 2 is 2.00 bits per heavy atom. The van der Waals surface area contributed by atoms with Crippen LogP contribution in [0.25, 0.3) is 22.4 Å². The average molecular weight is 393 g/mol. The van der Waals surface area contributed by atoms with Crippen LogP contribution < -0.4 is 10.5 Å². The Kier molecular flexibility index (Phi) is 5.04. The van der Waals surface area contributed by atoms with Crippen LogP contribution in [0.2, 0.25) is 0 Å². The molecule has 0 aliphatic carbocycles. The first-order valence-electron chi connectivity index (χ1n) is 10.1. The van der Waals surface area contributed by atoms with E-state index in [0.29, 0.717) is 12.4 Å². The third kappa shape index (κ3) is 3.08. The molecule has 0 radical (unpaired) electrons. The van der Waals surface area contributed by atoms with Crippen LogP contribution in [0.1, 0.15) is 41.4 Å². The Hall–Kier alpha value is -2.86. The standard InChI is InChI=1S/C23H28N4O2/c1-6-17-20-23(25-15(4)19(26-20)16-9-11-29-12-10-16)27(22(17)24)21-13(2)7-8-18(28-5)14(21)3/h7-9H,6,10-12,24H2,1-5H3. The molecule has 0 saturated carbocycles. The predicted octanol–water partition coefficient (Wildman–Crippen LogP) is 4.30. The van der Waals surface area contributed by atoms with Crippen LogP contribution in [-0.4, -0.2) is 34.9 Å². The maximum absolute atomic E-state index is 6.67. The Morgan fingerprint density at radius 3 is 2.66 bits per heavy atom. The van der Waals surface area contributed by atoms with E-state index in [0.717, 1.165) is 70.1 Å². The first-order chi connectivity index (χ1) is 14.0. The first kappa shape index (κ1) is 19.5. The molecule has 152 valence electrons. The van der Waals surface area contributed by atoms with Gasteiger partial charge in [-0.1, -0.05) is 19.1 Å². The van der Waals surface area contributed by atoms with Crippen LogP contribution in [0.4, 0.5) is 5.82 Å². The molecule has 2 aromatic heterocycles. The Balaban J connectivity index is 2.04. The van der Waals surface area contributed by atoms with Gasteiger partial charge in [0.05, 0.1) is 37.4 Å². The van der Waals surface area contributed by atoms with E-state index in [4.69, 9.17) is 25.2 Å². The van der Waals surface area contributed by atoms with Gasteiger partial charge in [-0.25, -0.2) is 9.97 Å². The fraction of sp³-hybridized carbons (Fsp3) is 0.391. The van der Waals surface area contributed by atoms with Crippen LogP contribution in [-0.2, 0) is 11.2 Å². The molecule has 6 nitrogen and oxygen atoms in total. The lowest BCUT2D eigenvalue weighted by Crippen LogP contribution is -2.09. The molecule has 0 atom stereocenters. The third-order valence-electron chi connectivity index (χ3n) is 5.75. The second kappa shape index (κ2) is 7.52. The summed E-state index contributed by atoms with van der Waals surface area (Å²) in [4.78, 5) is 10.1. The number of rotatable bonds is 4. The van der Waals surface area contributed by atoms with Crippen molar-refractivity contribution in [1.29, 1.82) is 0 Å². The van der Waals surface area contributed by atoms with Crippen LogP contribution >= 0.6 is 0 Å². The lowest BCUT2D eigenvalue weighted by molar-refractivity contribution is 0.161. The van der Waals surface area contributed by atoms with Crippen LogP contribution in [0.5, 0.6) is 5.75 Å². The summed E-state index contributed by atoms with van der Waals surface area (Å²) in [6.45, 7) is 9.61. The predicted molar refractivity (Wildman–Crippen MR) is 117 cm³/mol. The highest BCUT2D eigenvalue weighted by Gasteiger charge is 2.23. The monoisotopic (exact) mass is 392 g/mol. The molecule has 2 N–H and O–H groups in total. The fourth-order valence-electron chi connectivity index (χ4n) is 4.24. The van der Waals surface area contributed by atoms with Gasteiger partial charge in [0.15, 0.2) is 5.65 Å². The van der Waals surface area contributed by atoms with Gasteiger partial charge in [-0.15, -0.1) is 0 Å². The van der Waals surface area contributed by atoms with Gasteiger partial charge >= 0.3 is 0 Å². The summed E-state index contributed by atoms with van der Waals surface area (Å²) >= 11 is 0. The lowest BCUT2D eigenvalue weighted by atomic mass is 10.1. The highest BCUT2D eigenvalue weighted by Crippen LogP contribution is 2.36. The van der Waals surface area contributed by atoms with E-state index in [1.165, 1.54) is 5.57 Å². The number of fused-ring (bicyclic) bond motifs is 1. The quantitative estimate of drug-likeness (QED) is 0.716. The maximum atomic E-state index is 6.67. The number of aryl methyl sites for hydroxylation is 3. The molecule has 0 bridgehead atoms. The van der Waals surface area contributed by atoms with E-state index in [2.05, 4.69) is 32.9 Å². The lowest BCUT2D eigenvalue weighted by Gasteiger charge is -2.17. The molecule has 1 aliphatic heterocycles. The Bertz CT molecular complexity index is 1130. The first-order valence-corrected chi connectivity index (χ1v) is 10.1. The highest BCUT2D eigenvalue weighted by atomic mass is 16.5. The van der Waals surface area contributed by atoms with Crippen molar-refractivity contribution in [2.75, 3.05) is 26.1 Å². The molecule has 0 amide bonds. The molecule has 4 rings (SSSR count). The van der Waals surface area contributed by atoms with Crippen LogP contribution in [0, 0.1) is 20.8 Å². The molecule has 29 heavy (non-hydrogen) atoms. The van der Waals surface area contributed by atoms with E-state index in [-0.39, 0.29) is 0 Å². The molecule has 0 fully saturated rings. The molecular weight excluding hydrogens is 364 g/mol. The van der Waals surface area contributed by atoms with Gasteiger partial charge in [-0.05, 0) is 50.8 Å². The number of nitrogens with two attached hydrogens (primary N) is 1. The van der Waals surface area contributed by atoms with Gasteiger partial charge in [0.2, 0.25) is 0 Å². The minimum atomic E-state index is 0.625. The largest absolute Gasteiger partial charge is 0.496 e. The van der Waals surface area contributed by atoms with E-state index in [1.54, 1.807) is 7.11 Å². The third-order valence-corrected chi connectivity index (χ3v) is 5.75. The minimum absolute atomic E-state index is 0.625. The second-order valence-electron chi connectivity index (χ2n) is 7.50. The average Bonchev–Trinajstić information content (AvgIpc) is 2.99. The number of hydrogen-bond donors (Lipinski definition) is 1. The van der Waals surface area contributed by atoms with E-state index >= 15 is 0 Å². The zero-order valence-corrected chi connectivity index (χ0v) is 17.8. The van der Waals surface area contributed by atoms with Crippen molar-refractivity contribution < 1.29 is 9.47 Å². The van der Waals surface area contributed by atoms with Crippen LogP contribution in [0.3, 0.4) is 0 Å². The topological polar surface area (TPSA) is 75.2 Å². The summed E-state index contributed by atoms with van der Waals surface area (Å²) in [7, 11) is 1.69. The zero-order chi connectivity index (χ0) is 20.7. The summed E-state index contributed by atoms with van der Waals surface area (Å²) in [5.74, 6) is 1.53. The Morgan fingerprint density at radius 1 is 1.21 bits per heavy atom. The Labute approximate surface area is 171 Å². The normalized spacial score (nSPS) is 14.3. The van der Waals surface area contributed by atoms with Gasteiger partial charge in [0, 0.05) is 11.1 Å². The van der Waals surface area contributed by atoms with Crippen LogP contribution in [0.15, 0.2) is 18.2 Å². The SMILES string of the molecule is CCc1c(N)n(-c2c(C)ccc(OC)c2C)c2nc(C)c(C3=CCOCC3)nc12. The van der Waals surface area contributed by atoms with Crippen molar-refractivity contribution in [3.63, 3.8) is 0 Å². The van der Waals surface area contributed by atoms with Gasteiger partial charge < -0.3 is 15.2 Å². The fourth-order valence-corrected chi connectivity index (χ4v) is 4.24. The van der Waals surface area contributed by atoms with E-state index in [9.17, 15) is 0 Å². The van der Waals surface area contributed by atoms with Gasteiger partial charge in [0.25, 0.3) is 0 Å². The van der Waals surface area contributed by atoms with Crippen molar-refractivity contribution in [1.82, 2.24) is 14.5 Å². The maximum Gasteiger partial charge on any atom is 0.165 e. The number of hydrogen-bond acceptors (Lipinski definition) is 5. The summed E-state index contributed by atoms with van der Waals surface area (Å²) in [6.07, 6.45) is 3.75. The number of benzene rings is 1. The zero-order valence-electron chi connectivity index (χ0n) is 17.8. The van der Waals surface area contributed by atoms with Gasteiger partial charge in [0.1, 0.15) is 17.1 Å². The van der Waals surface area contributed by atoms with Crippen molar-refractivity contribution in [3.05, 3.63) is 46.3 Å². The van der Waals surface area contributed by atoms with E-state index < -0.39 is 0 Å². The summed E-state index contributed by atoms with van der Waals surface area (Å²) < 4.78 is 13.1. The molecule has 0 unspecified atom stereocenters. The van der Waals surface area contributed by atoms with E-state index in [1.807, 2.05) is 17.6 Å². The van der Waals surface area contributed by atoms with Crippen molar-refractivity contribution in [2.45, 2.75) is 40.5 Å². The highest BCUT2D eigenvalue weighted by molar-refractivity contribution is 5.87. The molecule has 0 spiro atoms. The summed E-state index contributed by atoms with van der Waals surface area (Å²) in [6, 6.07) is 4.04. The minimum Gasteiger partial charge on any atom is -0.496 e. The smallest absolute Gasteiger partial charge is 0.165 e. The number of aromatic nitrogens is 3. The number of ether oxygens (including phenoxy) is 2. The number of nitrogen functional groups attached to an aromatic ring is 1. The summed E-state index contributed by atoms with van der Waals surface area (Å²) in [5, 5.41) is 0. The number of methoxy groups -OCH3 is 1. The molecule has 6 heteroatoms. The molecule has 1 aliphatic rings.